The van der Waals surface area contributed by atoms with E-state index < -0.39 is 0 Å². The van der Waals surface area contributed by atoms with Crippen molar-refractivity contribution in [2.75, 3.05) is 13.2 Å². The zero-order valence-corrected chi connectivity index (χ0v) is 9.08. The first-order chi connectivity index (χ1) is 6.18. The molecule has 1 rings (SSSR count). The summed E-state index contributed by atoms with van der Waals surface area (Å²) in [6.45, 7) is 8.40. The summed E-state index contributed by atoms with van der Waals surface area (Å²) in [4.78, 5) is 0. The van der Waals surface area contributed by atoms with E-state index in [0.717, 1.165) is 38.4 Å². The highest BCUT2D eigenvalue weighted by Crippen LogP contribution is 2.16. The Balaban J connectivity index is 2.14. The number of ether oxygens (including phenoxy) is 2. The molecule has 0 spiro atoms. The Kier molecular flexibility index (Phi) is 4.74. The van der Waals surface area contributed by atoms with E-state index in [1.54, 1.807) is 0 Å². The minimum Gasteiger partial charge on any atom is -0.381 e. The highest BCUT2D eigenvalue weighted by molar-refractivity contribution is 4.65. The van der Waals surface area contributed by atoms with Crippen LogP contribution in [0.3, 0.4) is 0 Å². The van der Waals surface area contributed by atoms with Gasteiger partial charge in [-0.25, -0.2) is 0 Å². The van der Waals surface area contributed by atoms with Crippen LogP contribution in [0.5, 0.6) is 0 Å². The molecule has 0 radical (unpaired) electrons. The molecular formula is C11H22O2. The van der Waals surface area contributed by atoms with Crippen LogP contribution in [0.25, 0.3) is 0 Å². The molecule has 0 N–H and O–H groups in total. The number of rotatable bonds is 4. The largest absolute Gasteiger partial charge is 0.381 e. The average molecular weight is 186 g/mol. The van der Waals surface area contributed by atoms with Gasteiger partial charge in [0, 0.05) is 13.2 Å². The van der Waals surface area contributed by atoms with Crippen molar-refractivity contribution in [2.45, 2.75) is 52.2 Å². The van der Waals surface area contributed by atoms with E-state index in [4.69, 9.17) is 9.47 Å². The molecule has 1 heterocycles. The van der Waals surface area contributed by atoms with Gasteiger partial charge in [0.2, 0.25) is 0 Å². The quantitative estimate of drug-likeness (QED) is 0.672. The molecule has 0 saturated carbocycles. The van der Waals surface area contributed by atoms with Gasteiger partial charge in [0.1, 0.15) is 0 Å². The Morgan fingerprint density at radius 2 is 1.85 bits per heavy atom. The van der Waals surface area contributed by atoms with Gasteiger partial charge in [-0.15, -0.1) is 0 Å². The third kappa shape index (κ3) is 4.63. The fourth-order valence-electron chi connectivity index (χ4n) is 1.86. The molecule has 13 heavy (non-hydrogen) atoms. The van der Waals surface area contributed by atoms with E-state index in [9.17, 15) is 0 Å². The first-order valence-corrected chi connectivity index (χ1v) is 5.41. The third-order valence-corrected chi connectivity index (χ3v) is 2.40. The Labute approximate surface area is 81.6 Å². The first-order valence-electron chi connectivity index (χ1n) is 5.41. The fourth-order valence-corrected chi connectivity index (χ4v) is 1.86. The monoisotopic (exact) mass is 186 g/mol. The molecule has 0 amide bonds. The van der Waals surface area contributed by atoms with Crippen molar-refractivity contribution in [3.8, 4) is 0 Å². The van der Waals surface area contributed by atoms with Crippen molar-refractivity contribution < 1.29 is 9.47 Å². The minimum absolute atomic E-state index is 0.406. The highest BCUT2D eigenvalue weighted by atomic mass is 16.5. The Bertz CT molecular complexity index is 128. The highest BCUT2D eigenvalue weighted by Gasteiger charge is 2.17. The van der Waals surface area contributed by atoms with E-state index in [1.165, 1.54) is 0 Å². The van der Waals surface area contributed by atoms with Crippen molar-refractivity contribution in [3.05, 3.63) is 0 Å². The van der Waals surface area contributed by atoms with Crippen LogP contribution in [0, 0.1) is 5.92 Å². The molecule has 0 aromatic heterocycles. The van der Waals surface area contributed by atoms with E-state index in [2.05, 4.69) is 20.8 Å². The van der Waals surface area contributed by atoms with Gasteiger partial charge in [0.15, 0.2) is 0 Å². The molecule has 1 fully saturated rings. The van der Waals surface area contributed by atoms with Crippen LogP contribution in [0.2, 0.25) is 0 Å². The van der Waals surface area contributed by atoms with Crippen LogP contribution in [-0.4, -0.2) is 25.4 Å². The van der Waals surface area contributed by atoms with Gasteiger partial charge < -0.3 is 9.47 Å². The molecule has 1 aliphatic heterocycles. The van der Waals surface area contributed by atoms with Crippen molar-refractivity contribution in [3.63, 3.8) is 0 Å². The lowest BCUT2D eigenvalue weighted by atomic mass is 10.1. The summed E-state index contributed by atoms with van der Waals surface area (Å²) < 4.78 is 11.2. The van der Waals surface area contributed by atoms with Gasteiger partial charge in [-0.2, -0.15) is 0 Å². The molecule has 0 bridgehead atoms. The topological polar surface area (TPSA) is 18.5 Å². The van der Waals surface area contributed by atoms with Gasteiger partial charge in [-0.05, 0) is 32.1 Å². The van der Waals surface area contributed by atoms with Crippen LogP contribution in [0.4, 0.5) is 0 Å². The van der Waals surface area contributed by atoms with Gasteiger partial charge in [-0.3, -0.25) is 0 Å². The molecule has 1 saturated heterocycles. The Morgan fingerprint density at radius 3 is 2.38 bits per heavy atom. The molecule has 0 aromatic rings. The molecule has 1 unspecified atom stereocenters. The fraction of sp³-hybridized carbons (Fsp3) is 1.00. The zero-order valence-electron chi connectivity index (χ0n) is 9.08. The second-order valence-electron chi connectivity index (χ2n) is 4.39. The Hall–Kier alpha value is -0.0800. The molecule has 1 atom stereocenters. The summed E-state index contributed by atoms with van der Waals surface area (Å²) in [5, 5.41) is 0. The smallest absolute Gasteiger partial charge is 0.0622 e. The predicted molar refractivity (Wildman–Crippen MR) is 53.8 cm³/mol. The normalized spacial score (nSPS) is 22.2. The maximum atomic E-state index is 5.92. The van der Waals surface area contributed by atoms with Crippen LogP contribution >= 0.6 is 0 Å². The van der Waals surface area contributed by atoms with Crippen LogP contribution in [-0.2, 0) is 9.47 Å². The molecule has 0 aliphatic carbocycles. The van der Waals surface area contributed by atoms with Crippen LogP contribution in [0.1, 0.15) is 40.0 Å². The number of hydrogen-bond donors (Lipinski definition) is 0. The van der Waals surface area contributed by atoms with Crippen molar-refractivity contribution in [1.82, 2.24) is 0 Å². The summed E-state index contributed by atoms with van der Waals surface area (Å²) in [5.74, 6) is 0.731. The van der Waals surface area contributed by atoms with Gasteiger partial charge >= 0.3 is 0 Å². The SMILES string of the molecule is CC(C)CC(C)OC1CCOCC1. The third-order valence-electron chi connectivity index (χ3n) is 2.40. The maximum Gasteiger partial charge on any atom is 0.0622 e. The lowest BCUT2D eigenvalue weighted by Gasteiger charge is -2.26. The zero-order chi connectivity index (χ0) is 9.68. The summed E-state index contributed by atoms with van der Waals surface area (Å²) in [6, 6.07) is 0. The van der Waals surface area contributed by atoms with Crippen LogP contribution < -0.4 is 0 Å². The molecule has 1 aliphatic rings. The van der Waals surface area contributed by atoms with E-state index >= 15 is 0 Å². The van der Waals surface area contributed by atoms with E-state index in [1.807, 2.05) is 0 Å². The predicted octanol–water partition coefficient (Wildman–Crippen LogP) is 2.62. The summed E-state index contributed by atoms with van der Waals surface area (Å²) in [6.07, 6.45) is 4.16. The lowest BCUT2D eigenvalue weighted by molar-refractivity contribution is -0.0672. The summed E-state index contributed by atoms with van der Waals surface area (Å²) in [7, 11) is 0. The average Bonchev–Trinajstić information content (AvgIpc) is 2.04. The molecular weight excluding hydrogens is 164 g/mol. The van der Waals surface area contributed by atoms with Crippen molar-refractivity contribution in [2.24, 2.45) is 5.92 Å². The molecule has 2 heteroatoms. The maximum absolute atomic E-state index is 5.92. The van der Waals surface area contributed by atoms with Gasteiger partial charge in [0.05, 0.1) is 12.2 Å². The second-order valence-corrected chi connectivity index (χ2v) is 4.39. The van der Waals surface area contributed by atoms with Crippen LogP contribution in [0.15, 0.2) is 0 Å². The second kappa shape index (κ2) is 5.61. The molecule has 2 nitrogen and oxygen atoms in total. The molecule has 0 aromatic carbocycles. The summed E-state index contributed by atoms with van der Waals surface area (Å²) >= 11 is 0. The molecule has 78 valence electrons. The summed E-state index contributed by atoms with van der Waals surface area (Å²) in [5.41, 5.74) is 0. The number of hydrogen-bond acceptors (Lipinski definition) is 2. The van der Waals surface area contributed by atoms with Crippen molar-refractivity contribution >= 4 is 0 Å². The first kappa shape index (κ1) is 11.0. The van der Waals surface area contributed by atoms with Gasteiger partial charge in [0.25, 0.3) is 0 Å². The van der Waals surface area contributed by atoms with Crippen molar-refractivity contribution in [1.29, 1.82) is 0 Å². The van der Waals surface area contributed by atoms with Gasteiger partial charge in [-0.1, -0.05) is 13.8 Å². The lowest BCUT2D eigenvalue weighted by Crippen LogP contribution is -2.27. The minimum atomic E-state index is 0.406. The standard InChI is InChI=1S/C11H22O2/c1-9(2)8-10(3)13-11-4-6-12-7-5-11/h9-11H,4-8H2,1-3H3. The van der Waals surface area contributed by atoms with E-state index in [0.29, 0.717) is 12.2 Å². The Morgan fingerprint density at radius 1 is 1.23 bits per heavy atom. The van der Waals surface area contributed by atoms with E-state index in [-0.39, 0.29) is 0 Å².